The van der Waals surface area contributed by atoms with Gasteiger partial charge in [0.1, 0.15) is 10.5 Å². The molecule has 1 aliphatic rings. The van der Waals surface area contributed by atoms with Crippen molar-refractivity contribution in [1.82, 2.24) is 14.2 Å². The van der Waals surface area contributed by atoms with E-state index in [2.05, 4.69) is 4.72 Å². The highest BCUT2D eigenvalue weighted by molar-refractivity contribution is 7.89. The van der Waals surface area contributed by atoms with Gasteiger partial charge in [-0.15, -0.1) is 0 Å². The highest BCUT2D eigenvalue weighted by Crippen LogP contribution is 2.27. The zero-order chi connectivity index (χ0) is 22.9. The van der Waals surface area contributed by atoms with Gasteiger partial charge in [0.25, 0.3) is 0 Å². The van der Waals surface area contributed by atoms with Crippen molar-refractivity contribution in [2.45, 2.75) is 50.2 Å². The third-order valence-corrected chi connectivity index (χ3v) is 6.07. The number of rotatable bonds is 6. The molecule has 1 aromatic rings. The molecule has 0 spiro atoms. The van der Waals surface area contributed by atoms with Gasteiger partial charge in [0, 0.05) is 26.3 Å². The summed E-state index contributed by atoms with van der Waals surface area (Å²) in [6, 6.07) is 0. The Morgan fingerprint density at radius 2 is 2.00 bits per heavy atom. The van der Waals surface area contributed by atoms with Crippen LogP contribution < -0.4 is 4.72 Å². The Hall–Kier alpha value is -2.18. The topological polar surface area (TPSA) is 127 Å². The predicted octanol–water partition coefficient (Wildman–Crippen LogP) is 0.991. The minimum absolute atomic E-state index is 0.00207. The summed E-state index contributed by atoms with van der Waals surface area (Å²) in [5.74, 6) is -2.24. The van der Waals surface area contributed by atoms with Crippen molar-refractivity contribution in [2.75, 3.05) is 26.3 Å². The SMILES string of the molecule is CCOC(=O)c1c(F)c(S(=O)(=O)NC2(CO)CCN(C(=O)OC(C)(C)C)C2)cn1C. The van der Waals surface area contributed by atoms with Crippen LogP contribution in [-0.2, 0) is 26.5 Å². The van der Waals surface area contributed by atoms with Gasteiger partial charge in [0.2, 0.25) is 10.0 Å². The number of aromatic nitrogens is 1. The van der Waals surface area contributed by atoms with Crippen molar-refractivity contribution in [1.29, 1.82) is 0 Å². The van der Waals surface area contributed by atoms with Gasteiger partial charge in [0.15, 0.2) is 11.5 Å². The first-order valence-corrected chi connectivity index (χ1v) is 10.9. The molecule has 2 N–H and O–H groups in total. The van der Waals surface area contributed by atoms with Crippen LogP contribution in [0.3, 0.4) is 0 Å². The Labute approximate surface area is 175 Å². The van der Waals surface area contributed by atoms with Crippen LogP contribution in [0.4, 0.5) is 9.18 Å². The number of sulfonamides is 1. The van der Waals surface area contributed by atoms with E-state index in [1.165, 1.54) is 11.9 Å². The number of aliphatic hydroxyl groups is 1. The number of likely N-dealkylation sites (tertiary alicyclic amines) is 1. The lowest BCUT2D eigenvalue weighted by molar-refractivity contribution is 0.0274. The van der Waals surface area contributed by atoms with E-state index in [0.29, 0.717) is 0 Å². The van der Waals surface area contributed by atoms with Crippen LogP contribution in [0.2, 0.25) is 0 Å². The lowest BCUT2D eigenvalue weighted by atomic mass is 10.0. The van der Waals surface area contributed by atoms with Gasteiger partial charge < -0.3 is 24.0 Å². The summed E-state index contributed by atoms with van der Waals surface area (Å²) in [4.78, 5) is 24.7. The van der Waals surface area contributed by atoms with E-state index in [1.807, 2.05) is 0 Å². The molecule has 2 rings (SSSR count). The fourth-order valence-corrected chi connectivity index (χ4v) is 4.67. The molecular weight excluding hydrogens is 421 g/mol. The largest absolute Gasteiger partial charge is 0.461 e. The van der Waals surface area contributed by atoms with Crippen LogP contribution in [0.15, 0.2) is 11.1 Å². The van der Waals surface area contributed by atoms with Crippen LogP contribution in [0.5, 0.6) is 0 Å². The van der Waals surface area contributed by atoms with Crippen molar-refractivity contribution < 1.29 is 37.0 Å². The Morgan fingerprint density at radius 1 is 1.37 bits per heavy atom. The zero-order valence-corrected chi connectivity index (χ0v) is 18.5. The number of esters is 1. The molecule has 0 saturated carbocycles. The summed E-state index contributed by atoms with van der Waals surface area (Å²) in [5, 5.41) is 9.87. The standard InChI is InChI=1S/C18H28FN3O7S/c1-6-28-15(24)14-13(19)12(9-21(14)5)30(26,27)20-18(11-23)7-8-22(10-18)16(25)29-17(2,3)4/h9,20,23H,6-8,10-11H2,1-5H3. The molecule has 12 heteroatoms. The van der Waals surface area contributed by atoms with E-state index in [0.717, 1.165) is 10.8 Å². The second-order valence-corrected chi connectivity index (χ2v) is 9.83. The average molecular weight is 450 g/mol. The van der Waals surface area contributed by atoms with Crippen LogP contribution >= 0.6 is 0 Å². The molecule has 30 heavy (non-hydrogen) atoms. The number of aliphatic hydroxyl groups excluding tert-OH is 1. The number of hydrogen-bond acceptors (Lipinski definition) is 7. The molecule has 1 fully saturated rings. The molecular formula is C18H28FN3O7S. The number of aryl methyl sites for hydroxylation is 1. The summed E-state index contributed by atoms with van der Waals surface area (Å²) >= 11 is 0. The average Bonchev–Trinajstić information content (AvgIpc) is 3.15. The minimum Gasteiger partial charge on any atom is -0.461 e. The molecule has 2 heterocycles. The molecule has 0 aromatic carbocycles. The van der Waals surface area contributed by atoms with E-state index >= 15 is 0 Å². The first-order valence-electron chi connectivity index (χ1n) is 9.40. The lowest BCUT2D eigenvalue weighted by Crippen LogP contribution is -2.53. The predicted molar refractivity (Wildman–Crippen MR) is 104 cm³/mol. The molecule has 0 bridgehead atoms. The van der Waals surface area contributed by atoms with Crippen molar-refractivity contribution >= 4 is 22.1 Å². The number of carbonyl (C=O) groups excluding carboxylic acids is 2. The lowest BCUT2D eigenvalue weighted by Gasteiger charge is -2.29. The summed E-state index contributed by atoms with van der Waals surface area (Å²) < 4.78 is 53.8. The van der Waals surface area contributed by atoms with Gasteiger partial charge in [-0.2, -0.15) is 0 Å². The number of ether oxygens (including phenoxy) is 2. The molecule has 1 amide bonds. The van der Waals surface area contributed by atoms with E-state index in [1.54, 1.807) is 27.7 Å². The molecule has 1 atom stereocenters. The molecule has 0 radical (unpaired) electrons. The van der Waals surface area contributed by atoms with E-state index < -0.39 is 56.2 Å². The number of carbonyl (C=O) groups is 2. The van der Waals surface area contributed by atoms with Crippen molar-refractivity contribution in [3.05, 3.63) is 17.7 Å². The fraction of sp³-hybridized carbons (Fsp3) is 0.667. The Morgan fingerprint density at radius 3 is 2.53 bits per heavy atom. The van der Waals surface area contributed by atoms with Crippen LogP contribution in [0.25, 0.3) is 0 Å². The second-order valence-electron chi connectivity index (χ2n) is 8.18. The molecule has 1 saturated heterocycles. The highest BCUT2D eigenvalue weighted by Gasteiger charge is 2.45. The maximum Gasteiger partial charge on any atom is 0.410 e. The van der Waals surface area contributed by atoms with E-state index in [-0.39, 0.29) is 26.1 Å². The maximum atomic E-state index is 14.8. The molecule has 1 aliphatic heterocycles. The van der Waals surface area contributed by atoms with E-state index in [4.69, 9.17) is 9.47 Å². The Bertz CT molecular complexity index is 923. The number of nitrogens with one attached hydrogen (secondary N) is 1. The van der Waals surface area contributed by atoms with Crippen LogP contribution in [0.1, 0.15) is 44.6 Å². The van der Waals surface area contributed by atoms with Crippen LogP contribution in [0, 0.1) is 5.82 Å². The van der Waals surface area contributed by atoms with Gasteiger partial charge in [-0.3, -0.25) is 0 Å². The molecule has 0 aliphatic carbocycles. The second kappa shape index (κ2) is 8.52. The Balaban J connectivity index is 2.27. The van der Waals surface area contributed by atoms with Crippen molar-refractivity contribution in [3.8, 4) is 0 Å². The third-order valence-electron chi connectivity index (χ3n) is 4.51. The highest BCUT2D eigenvalue weighted by atomic mass is 32.2. The van der Waals surface area contributed by atoms with Crippen molar-refractivity contribution in [3.63, 3.8) is 0 Å². The van der Waals surface area contributed by atoms with Crippen molar-refractivity contribution in [2.24, 2.45) is 7.05 Å². The molecule has 1 unspecified atom stereocenters. The molecule has 170 valence electrons. The Kier molecular flexibility index (Phi) is 6.84. The summed E-state index contributed by atoms with van der Waals surface area (Å²) in [6.45, 7) is 6.00. The minimum atomic E-state index is -4.47. The smallest absolute Gasteiger partial charge is 0.410 e. The normalized spacial score (nSPS) is 19.8. The van der Waals surface area contributed by atoms with Crippen LogP contribution in [-0.4, -0.2) is 72.5 Å². The fourth-order valence-electron chi connectivity index (χ4n) is 3.13. The van der Waals surface area contributed by atoms with Gasteiger partial charge >= 0.3 is 12.1 Å². The first kappa shape index (κ1) is 24.1. The zero-order valence-electron chi connectivity index (χ0n) is 17.7. The number of hydrogen-bond donors (Lipinski definition) is 2. The quantitative estimate of drug-likeness (QED) is 0.620. The number of nitrogens with zero attached hydrogens (tertiary/aromatic N) is 2. The molecule has 1 aromatic heterocycles. The van der Waals surface area contributed by atoms with E-state index in [9.17, 15) is 27.5 Å². The summed E-state index contributed by atoms with van der Waals surface area (Å²) in [6.07, 6.45) is 0.406. The van der Waals surface area contributed by atoms with Gasteiger partial charge in [-0.1, -0.05) is 0 Å². The summed E-state index contributed by atoms with van der Waals surface area (Å²) in [5.41, 5.74) is -2.68. The number of halogens is 1. The monoisotopic (exact) mass is 449 g/mol. The maximum absolute atomic E-state index is 14.8. The first-order chi connectivity index (χ1) is 13.7. The van der Waals surface area contributed by atoms with Gasteiger partial charge in [-0.05, 0) is 34.1 Å². The third kappa shape index (κ3) is 5.10. The number of amides is 1. The molecule has 10 nitrogen and oxygen atoms in total. The summed E-state index contributed by atoms with van der Waals surface area (Å²) in [7, 11) is -3.16. The van der Waals surface area contributed by atoms with Gasteiger partial charge in [0.05, 0.1) is 18.8 Å². The van der Waals surface area contributed by atoms with Gasteiger partial charge in [-0.25, -0.2) is 27.1 Å².